The van der Waals surface area contributed by atoms with E-state index in [1.165, 1.54) is 5.57 Å². The van der Waals surface area contributed by atoms with Crippen molar-refractivity contribution in [2.75, 3.05) is 0 Å². The van der Waals surface area contributed by atoms with Gasteiger partial charge in [-0.25, -0.2) is 0 Å². The predicted octanol–water partition coefficient (Wildman–Crippen LogP) is 3.61. The largest absolute Gasteiger partial charge is 0.321 e. The number of rotatable bonds is 2. The summed E-state index contributed by atoms with van der Waals surface area (Å²) in [5.74, 6) is 0. The second kappa shape index (κ2) is 4.63. The average molecular weight is 210 g/mol. The van der Waals surface area contributed by atoms with Crippen molar-refractivity contribution in [3.63, 3.8) is 0 Å². The van der Waals surface area contributed by atoms with Gasteiger partial charge in [0, 0.05) is 11.1 Å². The highest BCUT2D eigenvalue weighted by molar-refractivity contribution is 6.31. The van der Waals surface area contributed by atoms with Gasteiger partial charge in [-0.3, -0.25) is 0 Å². The number of hydrogen-bond donors (Lipinski definition) is 1. The molecule has 0 radical (unpaired) electrons. The molecule has 0 amide bonds. The summed E-state index contributed by atoms with van der Waals surface area (Å²) in [6.45, 7) is 6.06. The number of hydrogen-bond acceptors (Lipinski definition) is 1. The minimum atomic E-state index is -0.0573. The molecule has 0 aliphatic rings. The molecule has 0 spiro atoms. The Morgan fingerprint density at radius 3 is 2.57 bits per heavy atom. The lowest BCUT2D eigenvalue weighted by atomic mass is 10.0. The fourth-order valence-corrected chi connectivity index (χ4v) is 1.46. The van der Waals surface area contributed by atoms with E-state index in [9.17, 15) is 0 Å². The maximum atomic E-state index is 6.02. The van der Waals surface area contributed by atoms with E-state index in [1.54, 1.807) is 0 Å². The molecule has 0 saturated heterocycles. The molecule has 76 valence electrons. The van der Waals surface area contributed by atoms with E-state index in [0.717, 1.165) is 16.1 Å². The first-order valence-electron chi connectivity index (χ1n) is 4.67. The third kappa shape index (κ3) is 2.86. The zero-order valence-corrected chi connectivity index (χ0v) is 9.60. The Balaban J connectivity index is 2.97. The van der Waals surface area contributed by atoms with Gasteiger partial charge in [-0.1, -0.05) is 35.4 Å². The van der Waals surface area contributed by atoms with Crippen LogP contribution in [0.4, 0.5) is 0 Å². The van der Waals surface area contributed by atoms with Gasteiger partial charge in [-0.05, 0) is 38.0 Å². The van der Waals surface area contributed by atoms with Crippen LogP contribution in [0.15, 0.2) is 29.8 Å². The molecule has 1 atom stereocenters. The van der Waals surface area contributed by atoms with Crippen molar-refractivity contribution < 1.29 is 0 Å². The number of nitrogens with two attached hydrogens (primary N) is 1. The molecule has 0 heterocycles. The lowest BCUT2D eigenvalue weighted by Crippen LogP contribution is -2.07. The van der Waals surface area contributed by atoms with Gasteiger partial charge >= 0.3 is 0 Å². The third-order valence-electron chi connectivity index (χ3n) is 2.09. The topological polar surface area (TPSA) is 26.0 Å². The molecule has 14 heavy (non-hydrogen) atoms. The highest BCUT2D eigenvalue weighted by atomic mass is 35.5. The van der Waals surface area contributed by atoms with Crippen LogP contribution in [-0.2, 0) is 0 Å². The van der Waals surface area contributed by atoms with Gasteiger partial charge in [0.15, 0.2) is 0 Å². The summed E-state index contributed by atoms with van der Waals surface area (Å²) in [6.07, 6.45) is 2.03. The Bertz CT molecular complexity index is 351. The molecule has 1 aromatic carbocycles. The molecule has 2 heteroatoms. The summed E-state index contributed by atoms with van der Waals surface area (Å²) in [5, 5.41) is 0.778. The standard InChI is InChI=1S/C12H16ClN/c1-8(2)6-12(14)10-5-4-9(3)11(13)7-10/h4-7,12H,14H2,1-3H3. The average Bonchev–Trinajstić information content (AvgIpc) is 2.08. The van der Waals surface area contributed by atoms with Crippen LogP contribution in [0, 0.1) is 6.92 Å². The Morgan fingerprint density at radius 2 is 2.07 bits per heavy atom. The van der Waals surface area contributed by atoms with Crippen molar-refractivity contribution in [3.8, 4) is 0 Å². The lowest BCUT2D eigenvalue weighted by Gasteiger charge is -2.09. The van der Waals surface area contributed by atoms with Gasteiger partial charge in [0.05, 0.1) is 0 Å². The molecule has 1 aromatic rings. The van der Waals surface area contributed by atoms with Gasteiger partial charge in [-0.2, -0.15) is 0 Å². The lowest BCUT2D eigenvalue weighted by molar-refractivity contribution is 0.898. The van der Waals surface area contributed by atoms with Gasteiger partial charge < -0.3 is 5.73 Å². The van der Waals surface area contributed by atoms with E-state index < -0.39 is 0 Å². The van der Waals surface area contributed by atoms with E-state index in [0.29, 0.717) is 0 Å². The van der Waals surface area contributed by atoms with Crippen LogP contribution in [0.25, 0.3) is 0 Å². The molecular weight excluding hydrogens is 194 g/mol. The molecule has 0 fully saturated rings. The van der Waals surface area contributed by atoms with Crippen molar-refractivity contribution in [1.29, 1.82) is 0 Å². The zero-order chi connectivity index (χ0) is 10.7. The monoisotopic (exact) mass is 209 g/mol. The highest BCUT2D eigenvalue weighted by Gasteiger charge is 2.04. The maximum Gasteiger partial charge on any atom is 0.0484 e. The highest BCUT2D eigenvalue weighted by Crippen LogP contribution is 2.21. The van der Waals surface area contributed by atoms with E-state index in [1.807, 2.05) is 45.0 Å². The first-order chi connectivity index (χ1) is 6.50. The second-order valence-electron chi connectivity index (χ2n) is 3.78. The van der Waals surface area contributed by atoms with Crippen molar-refractivity contribution in [2.24, 2.45) is 5.73 Å². The Hall–Kier alpha value is -0.790. The molecule has 0 aromatic heterocycles. The van der Waals surface area contributed by atoms with Crippen LogP contribution >= 0.6 is 11.6 Å². The summed E-state index contributed by atoms with van der Waals surface area (Å²) in [6, 6.07) is 5.89. The van der Waals surface area contributed by atoms with Gasteiger partial charge in [0.25, 0.3) is 0 Å². The first-order valence-corrected chi connectivity index (χ1v) is 5.05. The van der Waals surface area contributed by atoms with Crippen molar-refractivity contribution >= 4 is 11.6 Å². The zero-order valence-electron chi connectivity index (χ0n) is 8.84. The third-order valence-corrected chi connectivity index (χ3v) is 2.50. The predicted molar refractivity (Wildman–Crippen MR) is 62.5 cm³/mol. The molecule has 2 N–H and O–H groups in total. The molecule has 0 saturated carbocycles. The van der Waals surface area contributed by atoms with Crippen LogP contribution in [0.3, 0.4) is 0 Å². The number of halogens is 1. The summed E-state index contributed by atoms with van der Waals surface area (Å²) in [4.78, 5) is 0. The van der Waals surface area contributed by atoms with E-state index in [-0.39, 0.29) is 6.04 Å². The summed E-state index contributed by atoms with van der Waals surface area (Å²) >= 11 is 6.02. The molecule has 1 nitrogen and oxygen atoms in total. The number of benzene rings is 1. The molecule has 0 bridgehead atoms. The summed E-state index contributed by atoms with van der Waals surface area (Å²) in [7, 11) is 0. The van der Waals surface area contributed by atoms with Crippen LogP contribution < -0.4 is 5.73 Å². The normalized spacial score (nSPS) is 12.4. The molecule has 1 rings (SSSR count). The molecule has 0 aliphatic heterocycles. The van der Waals surface area contributed by atoms with Gasteiger partial charge in [0.1, 0.15) is 0 Å². The Labute approximate surface area is 90.6 Å². The van der Waals surface area contributed by atoms with Gasteiger partial charge in [-0.15, -0.1) is 0 Å². The molecule has 0 aliphatic carbocycles. The summed E-state index contributed by atoms with van der Waals surface area (Å²) < 4.78 is 0. The van der Waals surface area contributed by atoms with E-state index in [4.69, 9.17) is 17.3 Å². The summed E-state index contributed by atoms with van der Waals surface area (Å²) in [5.41, 5.74) is 9.34. The molecular formula is C12H16ClN. The van der Waals surface area contributed by atoms with Gasteiger partial charge in [0.2, 0.25) is 0 Å². The second-order valence-corrected chi connectivity index (χ2v) is 4.19. The van der Waals surface area contributed by atoms with Crippen molar-refractivity contribution in [3.05, 3.63) is 46.0 Å². The van der Waals surface area contributed by atoms with Crippen LogP contribution in [0.5, 0.6) is 0 Å². The smallest absolute Gasteiger partial charge is 0.0484 e. The van der Waals surface area contributed by atoms with Crippen LogP contribution in [-0.4, -0.2) is 0 Å². The molecule has 1 unspecified atom stereocenters. The minimum Gasteiger partial charge on any atom is -0.321 e. The van der Waals surface area contributed by atoms with Crippen LogP contribution in [0.2, 0.25) is 5.02 Å². The number of allylic oxidation sites excluding steroid dienone is 1. The maximum absolute atomic E-state index is 6.02. The SMILES string of the molecule is CC(C)=CC(N)c1ccc(C)c(Cl)c1. The number of aryl methyl sites for hydroxylation is 1. The minimum absolute atomic E-state index is 0.0573. The van der Waals surface area contributed by atoms with Crippen molar-refractivity contribution in [2.45, 2.75) is 26.8 Å². The fraction of sp³-hybridized carbons (Fsp3) is 0.333. The van der Waals surface area contributed by atoms with E-state index >= 15 is 0 Å². The Kier molecular flexibility index (Phi) is 3.73. The van der Waals surface area contributed by atoms with E-state index in [2.05, 4.69) is 0 Å². The first kappa shape index (κ1) is 11.3. The fourth-order valence-electron chi connectivity index (χ4n) is 1.27. The van der Waals surface area contributed by atoms with Crippen LogP contribution in [0.1, 0.15) is 31.0 Å². The Morgan fingerprint density at radius 1 is 1.43 bits per heavy atom. The van der Waals surface area contributed by atoms with Crippen molar-refractivity contribution in [1.82, 2.24) is 0 Å². The quantitative estimate of drug-likeness (QED) is 0.740.